The van der Waals surface area contributed by atoms with Crippen molar-refractivity contribution in [3.8, 4) is 17.1 Å². The van der Waals surface area contributed by atoms with Crippen LogP contribution in [0.1, 0.15) is 17.2 Å². The van der Waals surface area contributed by atoms with Crippen LogP contribution in [0.25, 0.3) is 60.7 Å². The molecule has 49 heavy (non-hydrogen) atoms. The maximum absolute atomic E-state index is 5.54. The Balaban J connectivity index is 1.21. The third-order valence-electron chi connectivity index (χ3n) is 9.85. The van der Waals surface area contributed by atoms with Crippen molar-refractivity contribution < 1.29 is 0 Å². The van der Waals surface area contributed by atoms with Gasteiger partial charge in [-0.05, 0) is 54.1 Å². The average molecular weight is 647 g/mol. The second-order valence-electron chi connectivity index (χ2n) is 12.5. The number of benzene rings is 6. The van der Waals surface area contributed by atoms with Crippen molar-refractivity contribution in [1.82, 2.24) is 19.1 Å². The van der Waals surface area contributed by atoms with Gasteiger partial charge in [0.05, 0.1) is 27.8 Å². The Morgan fingerprint density at radius 2 is 1.33 bits per heavy atom. The second kappa shape index (κ2) is 10.2. The van der Waals surface area contributed by atoms with Gasteiger partial charge in [-0.3, -0.25) is 4.57 Å². The predicted molar refractivity (Wildman–Crippen MR) is 200 cm³/mol. The third-order valence-corrected chi connectivity index (χ3v) is 11.0. The lowest BCUT2D eigenvalue weighted by Crippen LogP contribution is -2.27. The fourth-order valence-electron chi connectivity index (χ4n) is 7.84. The number of rotatable bonds is 2. The number of fused-ring (bicyclic) bond motifs is 10. The highest BCUT2D eigenvalue weighted by molar-refractivity contribution is 7.99. The molecule has 0 aliphatic carbocycles. The van der Waals surface area contributed by atoms with Gasteiger partial charge in [-0.25, -0.2) is 15.0 Å². The molecule has 6 nitrogen and oxygen atoms in total. The first-order valence-corrected chi connectivity index (χ1v) is 17.2. The summed E-state index contributed by atoms with van der Waals surface area (Å²) >= 11 is 1.85. The van der Waals surface area contributed by atoms with Crippen molar-refractivity contribution in [2.24, 2.45) is 4.99 Å². The zero-order valence-electron chi connectivity index (χ0n) is 26.1. The molecule has 1 atom stereocenters. The number of para-hydroxylation sites is 4. The first kappa shape index (κ1) is 26.8. The van der Waals surface area contributed by atoms with Crippen LogP contribution < -0.4 is 5.32 Å². The third kappa shape index (κ3) is 3.82. The number of aromatic nitrogens is 4. The molecule has 0 spiro atoms. The number of hydrogen-bond donors (Lipinski definition) is 1. The van der Waals surface area contributed by atoms with Crippen molar-refractivity contribution in [3.63, 3.8) is 0 Å². The minimum absolute atomic E-state index is 0.224. The molecular formula is C42H26N6S. The van der Waals surface area contributed by atoms with Gasteiger partial charge in [-0.1, -0.05) is 96.7 Å². The molecule has 0 bridgehead atoms. The minimum atomic E-state index is -0.224. The molecule has 1 unspecified atom stereocenters. The lowest BCUT2D eigenvalue weighted by molar-refractivity contribution is 0.851. The molecule has 5 heterocycles. The van der Waals surface area contributed by atoms with E-state index in [1.54, 1.807) is 12.4 Å². The first-order valence-electron chi connectivity index (χ1n) is 16.4. The van der Waals surface area contributed by atoms with Crippen molar-refractivity contribution in [2.75, 3.05) is 5.32 Å². The molecule has 0 saturated carbocycles. The molecule has 230 valence electrons. The molecule has 9 aromatic rings. The van der Waals surface area contributed by atoms with Crippen LogP contribution in [0.5, 0.6) is 0 Å². The SMILES string of the molecule is c1cnc(-c2cccc(C3N=C(n4c5ccccc5c5c6c7ccccc7n7c6c(cc54)Sc4ccccc4-7)Nc4ccccc43)c2)nc1. The Bertz CT molecular complexity index is 2850. The highest BCUT2D eigenvalue weighted by atomic mass is 32.2. The summed E-state index contributed by atoms with van der Waals surface area (Å²) in [4.78, 5) is 17.1. The van der Waals surface area contributed by atoms with E-state index in [1.807, 2.05) is 17.8 Å². The Labute approximate surface area is 285 Å². The number of anilines is 1. The van der Waals surface area contributed by atoms with Gasteiger partial charge in [0.1, 0.15) is 6.04 Å². The van der Waals surface area contributed by atoms with Crippen molar-refractivity contribution in [3.05, 3.63) is 157 Å². The summed E-state index contributed by atoms with van der Waals surface area (Å²) in [5, 5.41) is 8.75. The van der Waals surface area contributed by atoms with Crippen LogP contribution in [0.15, 0.2) is 161 Å². The van der Waals surface area contributed by atoms with Gasteiger partial charge in [0.15, 0.2) is 5.82 Å². The van der Waals surface area contributed by atoms with E-state index in [0.717, 1.165) is 39.4 Å². The monoisotopic (exact) mass is 646 g/mol. The molecule has 0 amide bonds. The van der Waals surface area contributed by atoms with E-state index in [0.29, 0.717) is 5.82 Å². The van der Waals surface area contributed by atoms with Gasteiger partial charge in [-0.2, -0.15) is 0 Å². The summed E-state index contributed by atoms with van der Waals surface area (Å²) in [6.45, 7) is 0. The van der Waals surface area contributed by atoms with Crippen molar-refractivity contribution in [2.45, 2.75) is 15.8 Å². The van der Waals surface area contributed by atoms with E-state index in [2.05, 4.69) is 152 Å². The van der Waals surface area contributed by atoms with Crippen LogP contribution in [0.3, 0.4) is 0 Å². The molecule has 0 radical (unpaired) electrons. The number of nitrogens with zero attached hydrogens (tertiary/aromatic N) is 5. The zero-order chi connectivity index (χ0) is 32.1. The highest BCUT2D eigenvalue weighted by Gasteiger charge is 2.30. The van der Waals surface area contributed by atoms with Crippen LogP contribution in [-0.2, 0) is 0 Å². The summed E-state index contributed by atoms with van der Waals surface area (Å²) in [5.74, 6) is 1.50. The molecule has 0 fully saturated rings. The smallest absolute Gasteiger partial charge is 0.208 e. The zero-order valence-corrected chi connectivity index (χ0v) is 26.9. The molecule has 11 rings (SSSR count). The fraction of sp³-hybridized carbons (Fsp3) is 0.0238. The Kier molecular flexibility index (Phi) is 5.57. The topological polar surface area (TPSA) is 60.0 Å². The lowest BCUT2D eigenvalue weighted by atomic mass is 9.95. The molecular weight excluding hydrogens is 621 g/mol. The molecule has 1 N–H and O–H groups in total. The molecule has 2 aliphatic heterocycles. The lowest BCUT2D eigenvalue weighted by Gasteiger charge is -2.27. The summed E-state index contributed by atoms with van der Waals surface area (Å²) < 4.78 is 4.80. The highest BCUT2D eigenvalue weighted by Crippen LogP contribution is 2.51. The minimum Gasteiger partial charge on any atom is -0.325 e. The largest absolute Gasteiger partial charge is 0.325 e. The van der Waals surface area contributed by atoms with E-state index >= 15 is 0 Å². The van der Waals surface area contributed by atoms with Crippen LogP contribution in [0, 0.1) is 0 Å². The van der Waals surface area contributed by atoms with Gasteiger partial charge >= 0.3 is 0 Å². The summed E-state index contributed by atoms with van der Waals surface area (Å²) in [6, 6.07) is 47.3. The van der Waals surface area contributed by atoms with E-state index in [-0.39, 0.29) is 6.04 Å². The predicted octanol–water partition coefficient (Wildman–Crippen LogP) is 10.2. The van der Waals surface area contributed by atoms with E-state index in [4.69, 9.17) is 4.99 Å². The normalized spacial score (nSPS) is 14.9. The summed E-state index contributed by atoms with van der Waals surface area (Å²) in [6.07, 6.45) is 3.57. The maximum atomic E-state index is 5.54. The number of hydrogen-bond acceptors (Lipinski definition) is 5. The summed E-state index contributed by atoms with van der Waals surface area (Å²) in [5.41, 5.74) is 10.2. The van der Waals surface area contributed by atoms with Crippen LogP contribution in [-0.4, -0.2) is 25.1 Å². The Morgan fingerprint density at radius 3 is 2.20 bits per heavy atom. The van der Waals surface area contributed by atoms with Gasteiger partial charge in [0.25, 0.3) is 0 Å². The van der Waals surface area contributed by atoms with Crippen molar-refractivity contribution >= 4 is 67.0 Å². The van der Waals surface area contributed by atoms with E-state index in [1.165, 1.54) is 48.1 Å². The fourth-order valence-corrected chi connectivity index (χ4v) is 8.95. The van der Waals surface area contributed by atoms with E-state index in [9.17, 15) is 0 Å². The quantitative estimate of drug-likeness (QED) is 0.203. The van der Waals surface area contributed by atoms with Crippen LogP contribution in [0.4, 0.5) is 5.69 Å². The van der Waals surface area contributed by atoms with Crippen LogP contribution in [0.2, 0.25) is 0 Å². The van der Waals surface area contributed by atoms with Crippen LogP contribution >= 0.6 is 11.8 Å². The Hall–Kier alpha value is -6.18. The van der Waals surface area contributed by atoms with Gasteiger partial charge in [0, 0.05) is 60.5 Å². The molecule has 6 aromatic carbocycles. The average Bonchev–Trinajstić information content (AvgIpc) is 3.69. The first-order chi connectivity index (χ1) is 24.3. The summed E-state index contributed by atoms with van der Waals surface area (Å²) in [7, 11) is 0. The molecule has 3 aromatic heterocycles. The van der Waals surface area contributed by atoms with Gasteiger partial charge in [0.2, 0.25) is 5.96 Å². The van der Waals surface area contributed by atoms with Crippen molar-refractivity contribution in [1.29, 1.82) is 0 Å². The second-order valence-corrected chi connectivity index (χ2v) is 13.6. The molecule has 7 heteroatoms. The van der Waals surface area contributed by atoms with Gasteiger partial charge in [-0.15, -0.1) is 0 Å². The molecule has 0 saturated heterocycles. The molecule has 2 aliphatic rings. The maximum Gasteiger partial charge on any atom is 0.208 e. The Morgan fingerprint density at radius 1 is 0.592 bits per heavy atom. The number of nitrogens with one attached hydrogen (secondary N) is 1. The standard InChI is InChI=1S/C42H26N6S/c1-4-16-30-27(13-1)39(25-11-9-12-26(23-25)41-43-21-10-22-44-41)46-42(45-30)48-32-18-6-2-14-28(32)37-34(48)24-36-40-38(37)29-15-3-5-17-31(29)47(40)33-19-7-8-20-35(33)49-36/h1-24,39H,(H,45,46). The van der Waals surface area contributed by atoms with Gasteiger partial charge < -0.3 is 9.88 Å². The van der Waals surface area contributed by atoms with E-state index < -0.39 is 0 Å². The number of aliphatic imine (C=N–C) groups is 1.